The van der Waals surface area contributed by atoms with E-state index in [-0.39, 0.29) is 0 Å². The van der Waals surface area contributed by atoms with Gasteiger partial charge in [-0.1, -0.05) is 0 Å². The summed E-state index contributed by atoms with van der Waals surface area (Å²) in [6.07, 6.45) is 0.632. The summed E-state index contributed by atoms with van der Waals surface area (Å²) in [5.41, 5.74) is -1.65. The van der Waals surface area contributed by atoms with Gasteiger partial charge < -0.3 is 9.84 Å². The quantitative estimate of drug-likeness (QED) is 0.606. The molecule has 1 heterocycles. The van der Waals surface area contributed by atoms with E-state index >= 15 is 0 Å². The summed E-state index contributed by atoms with van der Waals surface area (Å²) in [4.78, 5) is 0. The number of rotatable bonds is 1. The zero-order valence-electron chi connectivity index (χ0n) is 6.92. The maximum Gasteiger partial charge on any atom is 0.111 e. The van der Waals surface area contributed by atoms with Crippen LogP contribution in [-0.2, 0) is 4.74 Å². The summed E-state index contributed by atoms with van der Waals surface area (Å²) in [5.74, 6) is 0. The lowest BCUT2D eigenvalue weighted by molar-refractivity contribution is -0.0264. The highest BCUT2D eigenvalue weighted by Gasteiger charge is 2.47. The van der Waals surface area contributed by atoms with Crippen LogP contribution in [0.1, 0.15) is 20.3 Å². The summed E-state index contributed by atoms with van der Waals surface area (Å²) in [6.45, 7) is 4.25. The van der Waals surface area contributed by atoms with Crippen LogP contribution in [0.2, 0.25) is 0 Å². The summed E-state index contributed by atoms with van der Waals surface area (Å²) in [7, 11) is 0. The first-order valence-electron chi connectivity index (χ1n) is 3.73. The first kappa shape index (κ1) is 8.51. The van der Waals surface area contributed by atoms with Crippen molar-refractivity contribution in [1.82, 2.24) is 0 Å². The highest BCUT2D eigenvalue weighted by molar-refractivity contribution is 5.10. The largest absolute Gasteiger partial charge is 0.389 e. The van der Waals surface area contributed by atoms with Crippen molar-refractivity contribution in [2.75, 3.05) is 13.2 Å². The van der Waals surface area contributed by atoms with Gasteiger partial charge in [0, 0.05) is 6.61 Å². The third-order valence-electron chi connectivity index (χ3n) is 2.41. The topological polar surface area (TPSA) is 53.2 Å². The second-order valence-electron chi connectivity index (χ2n) is 3.56. The van der Waals surface area contributed by atoms with Crippen LogP contribution in [0.5, 0.6) is 0 Å². The first-order valence-corrected chi connectivity index (χ1v) is 3.73. The van der Waals surface area contributed by atoms with Crippen molar-refractivity contribution in [2.45, 2.75) is 25.9 Å². The molecule has 11 heavy (non-hydrogen) atoms. The van der Waals surface area contributed by atoms with Crippen LogP contribution in [0.3, 0.4) is 0 Å². The van der Waals surface area contributed by atoms with Crippen LogP contribution in [-0.4, -0.2) is 23.9 Å². The van der Waals surface area contributed by atoms with Crippen LogP contribution in [0.25, 0.3) is 0 Å². The van der Waals surface area contributed by atoms with Crippen LogP contribution in [0, 0.1) is 16.7 Å². The van der Waals surface area contributed by atoms with Gasteiger partial charge in [0.25, 0.3) is 0 Å². The molecule has 1 aliphatic heterocycles. The summed E-state index contributed by atoms with van der Waals surface area (Å²) >= 11 is 0. The van der Waals surface area contributed by atoms with Gasteiger partial charge in [-0.25, -0.2) is 0 Å². The molecule has 1 rings (SSSR count). The van der Waals surface area contributed by atoms with E-state index in [2.05, 4.69) is 6.07 Å². The van der Waals surface area contributed by atoms with E-state index in [1.165, 1.54) is 0 Å². The Balaban J connectivity index is 2.86. The van der Waals surface area contributed by atoms with Crippen molar-refractivity contribution in [1.29, 1.82) is 5.26 Å². The Labute approximate surface area is 66.6 Å². The normalized spacial score (nSPS) is 31.8. The minimum Gasteiger partial charge on any atom is -0.389 e. The Morgan fingerprint density at radius 2 is 2.27 bits per heavy atom. The van der Waals surface area contributed by atoms with Crippen LogP contribution < -0.4 is 0 Å². The summed E-state index contributed by atoms with van der Waals surface area (Å²) in [5, 5.41) is 18.5. The van der Waals surface area contributed by atoms with Crippen molar-refractivity contribution in [3.8, 4) is 6.07 Å². The van der Waals surface area contributed by atoms with Gasteiger partial charge in [0.1, 0.15) is 5.41 Å². The van der Waals surface area contributed by atoms with Gasteiger partial charge in [0.05, 0.1) is 18.3 Å². The van der Waals surface area contributed by atoms with Gasteiger partial charge in [0.2, 0.25) is 0 Å². The number of nitrogens with zero attached hydrogens (tertiary/aromatic N) is 1. The lowest BCUT2D eigenvalue weighted by Gasteiger charge is -2.32. The predicted octanol–water partition coefficient (Wildman–Crippen LogP) is 0.688. The Morgan fingerprint density at radius 1 is 1.64 bits per heavy atom. The highest BCUT2D eigenvalue weighted by atomic mass is 16.5. The first-order chi connectivity index (χ1) is 5.02. The van der Waals surface area contributed by atoms with Crippen molar-refractivity contribution in [3.63, 3.8) is 0 Å². The second kappa shape index (κ2) is 2.47. The van der Waals surface area contributed by atoms with E-state index in [1.807, 2.05) is 0 Å². The van der Waals surface area contributed by atoms with Crippen LogP contribution >= 0.6 is 0 Å². The number of hydrogen-bond donors (Lipinski definition) is 1. The number of nitriles is 1. The molecule has 3 heteroatoms. The molecule has 62 valence electrons. The fraction of sp³-hybridized carbons (Fsp3) is 0.875. The van der Waals surface area contributed by atoms with E-state index in [4.69, 9.17) is 10.00 Å². The molecule has 1 atom stereocenters. The molecule has 0 saturated carbocycles. The molecule has 1 aliphatic rings. The fourth-order valence-corrected chi connectivity index (χ4v) is 1.27. The zero-order chi connectivity index (χ0) is 8.54. The maximum atomic E-state index is 9.67. The van der Waals surface area contributed by atoms with Crippen molar-refractivity contribution in [2.24, 2.45) is 5.41 Å². The molecule has 1 N–H and O–H groups in total. The van der Waals surface area contributed by atoms with Crippen molar-refractivity contribution < 1.29 is 9.84 Å². The predicted molar refractivity (Wildman–Crippen MR) is 39.8 cm³/mol. The minimum absolute atomic E-state index is 0.354. The molecular formula is C8H13NO2. The second-order valence-corrected chi connectivity index (χ2v) is 3.56. The monoisotopic (exact) mass is 155 g/mol. The molecule has 0 aromatic heterocycles. The third kappa shape index (κ3) is 1.24. The number of ether oxygens (including phenoxy) is 1. The van der Waals surface area contributed by atoms with E-state index in [0.29, 0.717) is 19.6 Å². The van der Waals surface area contributed by atoms with E-state index in [9.17, 15) is 5.11 Å². The molecule has 1 fully saturated rings. The van der Waals surface area contributed by atoms with Gasteiger partial charge in [-0.2, -0.15) is 5.26 Å². The van der Waals surface area contributed by atoms with Crippen LogP contribution in [0.15, 0.2) is 0 Å². The van der Waals surface area contributed by atoms with Crippen LogP contribution in [0.4, 0.5) is 0 Å². The average Bonchev–Trinajstić information content (AvgIpc) is 2.33. The molecule has 1 saturated heterocycles. The molecular weight excluding hydrogens is 142 g/mol. The van der Waals surface area contributed by atoms with Crippen molar-refractivity contribution in [3.05, 3.63) is 0 Å². The summed E-state index contributed by atoms with van der Waals surface area (Å²) in [6, 6.07) is 2.14. The molecule has 1 unspecified atom stereocenters. The van der Waals surface area contributed by atoms with E-state index < -0.39 is 11.0 Å². The molecule has 0 aromatic rings. The standard InChI is InChI=1S/C8H13NO2/c1-7(2,10)8(5-9)3-4-11-6-8/h10H,3-4,6H2,1-2H3. The molecule has 0 spiro atoms. The number of aliphatic hydroxyl groups is 1. The smallest absolute Gasteiger partial charge is 0.111 e. The Kier molecular flexibility index (Phi) is 1.91. The Morgan fingerprint density at radius 3 is 2.45 bits per heavy atom. The summed E-state index contributed by atoms with van der Waals surface area (Å²) < 4.78 is 5.10. The number of hydrogen-bond acceptors (Lipinski definition) is 3. The lowest BCUT2D eigenvalue weighted by Crippen LogP contribution is -2.42. The van der Waals surface area contributed by atoms with Gasteiger partial charge in [-0.15, -0.1) is 0 Å². The molecule has 0 radical (unpaired) electrons. The molecule has 3 nitrogen and oxygen atoms in total. The van der Waals surface area contributed by atoms with E-state index in [1.54, 1.807) is 13.8 Å². The van der Waals surface area contributed by atoms with Gasteiger partial charge >= 0.3 is 0 Å². The zero-order valence-corrected chi connectivity index (χ0v) is 6.92. The Hall–Kier alpha value is -0.590. The highest BCUT2D eigenvalue weighted by Crippen LogP contribution is 2.38. The van der Waals surface area contributed by atoms with E-state index in [0.717, 1.165) is 0 Å². The molecule has 0 aliphatic carbocycles. The molecule has 0 aromatic carbocycles. The SMILES string of the molecule is CC(C)(O)C1(C#N)CCOC1. The van der Waals surface area contributed by atoms with Gasteiger partial charge in [-0.05, 0) is 20.3 Å². The Bertz CT molecular complexity index is 181. The molecule has 0 bridgehead atoms. The third-order valence-corrected chi connectivity index (χ3v) is 2.41. The van der Waals surface area contributed by atoms with Gasteiger partial charge in [-0.3, -0.25) is 0 Å². The van der Waals surface area contributed by atoms with Gasteiger partial charge in [0.15, 0.2) is 0 Å². The lowest BCUT2D eigenvalue weighted by atomic mass is 9.74. The molecule has 0 amide bonds. The maximum absolute atomic E-state index is 9.67. The van der Waals surface area contributed by atoms with Crippen molar-refractivity contribution >= 4 is 0 Å². The fourth-order valence-electron chi connectivity index (χ4n) is 1.27. The minimum atomic E-state index is -0.960. The average molecular weight is 155 g/mol.